The second-order valence-corrected chi connectivity index (χ2v) is 8.36. The van der Waals surface area contributed by atoms with Gasteiger partial charge in [0.15, 0.2) is 16.7 Å². The monoisotopic (exact) mass is 463 g/mol. The van der Waals surface area contributed by atoms with Gasteiger partial charge in [-0.15, -0.1) is 0 Å². The van der Waals surface area contributed by atoms with E-state index >= 15 is 0 Å². The maximum absolute atomic E-state index is 13.2. The van der Waals surface area contributed by atoms with Crippen LogP contribution in [0.3, 0.4) is 0 Å². The fraction of sp³-hybridized carbons (Fsp3) is 0.458. The Morgan fingerprint density at radius 2 is 1.75 bits per heavy atom. The average molecular weight is 464 g/mol. The lowest BCUT2D eigenvalue weighted by atomic mass is 10.0. The molecular weight excluding hydrogens is 432 g/mol. The van der Waals surface area contributed by atoms with Gasteiger partial charge in [0.2, 0.25) is 0 Å². The summed E-state index contributed by atoms with van der Waals surface area (Å²) in [7, 11) is 3.70. The number of nitrogens with one attached hydrogen (secondary N) is 1. The molecule has 0 spiro atoms. The molecule has 0 radical (unpaired) electrons. The minimum absolute atomic E-state index is 0.368. The predicted octanol–water partition coefficient (Wildman–Crippen LogP) is 4.93. The van der Waals surface area contributed by atoms with Gasteiger partial charge >= 0.3 is 0 Å². The number of piperidine rings is 1. The normalized spacial score (nSPS) is 14.8. The highest BCUT2D eigenvalue weighted by atomic mass is 32.1. The molecule has 1 fully saturated rings. The first-order valence-electron chi connectivity index (χ1n) is 10.9. The summed E-state index contributed by atoms with van der Waals surface area (Å²) in [6.07, 6.45) is 3.99. The average Bonchev–Trinajstić information content (AvgIpc) is 2.81. The lowest BCUT2D eigenvalue weighted by Gasteiger charge is -2.38. The molecule has 1 saturated heterocycles. The largest absolute Gasteiger partial charge is 0.497 e. The second-order valence-electron chi connectivity index (χ2n) is 7.97. The molecule has 174 valence electrons. The molecule has 0 bridgehead atoms. The number of nitrogens with zero attached hydrogens (tertiary/aromatic N) is 2. The first-order valence-corrected chi connectivity index (χ1v) is 11.3. The van der Waals surface area contributed by atoms with Crippen LogP contribution >= 0.6 is 12.2 Å². The minimum atomic E-state index is -0.881. The van der Waals surface area contributed by atoms with Crippen molar-refractivity contribution >= 4 is 23.0 Å². The molecule has 1 aliphatic heterocycles. The van der Waals surface area contributed by atoms with Crippen molar-refractivity contribution in [2.45, 2.75) is 31.7 Å². The number of hydrogen-bond acceptors (Lipinski definition) is 4. The first-order chi connectivity index (χ1) is 15.5. The summed E-state index contributed by atoms with van der Waals surface area (Å²) in [5.74, 6) is -0.553. The van der Waals surface area contributed by atoms with Crippen molar-refractivity contribution in [3.8, 4) is 11.5 Å². The molecule has 0 amide bonds. The zero-order valence-corrected chi connectivity index (χ0v) is 19.5. The standard InChI is InChI=1S/C24H31F2N3O2S/c1-28(24(32)27-18-5-7-20(30-2)8-6-18)19-11-14-29(15-12-19)13-3-4-16-31-21-9-10-22(25)23(26)17-21/h5-10,17,19H,3-4,11-16H2,1-2H3,(H,27,32). The van der Waals surface area contributed by atoms with Crippen molar-refractivity contribution in [3.63, 3.8) is 0 Å². The Bertz CT molecular complexity index is 874. The van der Waals surface area contributed by atoms with E-state index in [0.717, 1.165) is 74.0 Å². The fourth-order valence-electron chi connectivity index (χ4n) is 3.78. The second kappa shape index (κ2) is 12.0. The fourth-order valence-corrected chi connectivity index (χ4v) is 4.04. The van der Waals surface area contributed by atoms with Crippen molar-refractivity contribution in [1.29, 1.82) is 0 Å². The Balaban J connectivity index is 1.31. The minimum Gasteiger partial charge on any atom is -0.497 e. The molecule has 5 nitrogen and oxygen atoms in total. The first kappa shape index (κ1) is 24.2. The van der Waals surface area contributed by atoms with Crippen LogP contribution in [-0.2, 0) is 0 Å². The molecule has 0 atom stereocenters. The number of hydrogen-bond donors (Lipinski definition) is 1. The van der Waals surface area contributed by atoms with Gasteiger partial charge in [-0.05, 0) is 80.8 Å². The van der Waals surface area contributed by atoms with Crippen molar-refractivity contribution < 1.29 is 18.3 Å². The third-order valence-corrected chi connectivity index (χ3v) is 6.18. The van der Waals surface area contributed by atoms with E-state index in [1.165, 1.54) is 6.07 Å². The SMILES string of the molecule is COc1ccc(NC(=S)N(C)C2CCN(CCCCOc3ccc(F)c(F)c3)CC2)cc1. The van der Waals surface area contributed by atoms with Crippen LogP contribution in [0.5, 0.6) is 11.5 Å². The van der Waals surface area contributed by atoms with E-state index in [0.29, 0.717) is 18.4 Å². The van der Waals surface area contributed by atoms with E-state index in [-0.39, 0.29) is 0 Å². The third kappa shape index (κ3) is 7.03. The number of likely N-dealkylation sites (tertiary alicyclic amines) is 1. The highest BCUT2D eigenvalue weighted by Crippen LogP contribution is 2.20. The Hall–Kier alpha value is -2.45. The van der Waals surface area contributed by atoms with E-state index in [1.54, 1.807) is 7.11 Å². The van der Waals surface area contributed by atoms with Crippen molar-refractivity contribution in [1.82, 2.24) is 9.80 Å². The lowest BCUT2D eigenvalue weighted by molar-refractivity contribution is 0.161. The number of rotatable bonds is 9. The zero-order valence-electron chi connectivity index (χ0n) is 18.7. The highest BCUT2D eigenvalue weighted by molar-refractivity contribution is 7.80. The molecule has 0 unspecified atom stereocenters. The van der Waals surface area contributed by atoms with E-state index in [9.17, 15) is 8.78 Å². The van der Waals surface area contributed by atoms with E-state index in [2.05, 4.69) is 22.2 Å². The Morgan fingerprint density at radius 3 is 2.41 bits per heavy atom. The van der Waals surface area contributed by atoms with Gasteiger partial charge in [0.1, 0.15) is 11.5 Å². The van der Waals surface area contributed by atoms with Gasteiger partial charge in [-0.2, -0.15) is 0 Å². The molecule has 0 saturated carbocycles. The smallest absolute Gasteiger partial charge is 0.173 e. The van der Waals surface area contributed by atoms with Crippen LogP contribution in [-0.4, -0.2) is 61.4 Å². The molecule has 2 aromatic carbocycles. The van der Waals surface area contributed by atoms with Crippen LogP contribution in [0.2, 0.25) is 0 Å². The molecule has 2 aromatic rings. The van der Waals surface area contributed by atoms with Crippen LogP contribution in [0.15, 0.2) is 42.5 Å². The van der Waals surface area contributed by atoms with Gasteiger partial charge in [-0.25, -0.2) is 8.78 Å². The van der Waals surface area contributed by atoms with Gasteiger partial charge in [0.05, 0.1) is 13.7 Å². The van der Waals surface area contributed by atoms with Gasteiger partial charge in [0, 0.05) is 37.9 Å². The number of methoxy groups -OCH3 is 1. The molecule has 1 heterocycles. The number of anilines is 1. The molecule has 8 heteroatoms. The van der Waals surface area contributed by atoms with Crippen molar-refractivity contribution in [2.24, 2.45) is 0 Å². The van der Waals surface area contributed by atoms with Crippen LogP contribution in [0.4, 0.5) is 14.5 Å². The predicted molar refractivity (Wildman–Crippen MR) is 128 cm³/mol. The molecule has 0 aliphatic carbocycles. The van der Waals surface area contributed by atoms with Crippen LogP contribution in [0.25, 0.3) is 0 Å². The highest BCUT2D eigenvalue weighted by Gasteiger charge is 2.23. The van der Waals surface area contributed by atoms with Gasteiger partial charge in [0.25, 0.3) is 0 Å². The summed E-state index contributed by atoms with van der Waals surface area (Å²) in [6, 6.07) is 11.8. The maximum atomic E-state index is 13.2. The van der Waals surface area contributed by atoms with Crippen LogP contribution < -0.4 is 14.8 Å². The molecule has 3 rings (SSSR count). The number of unbranched alkanes of at least 4 members (excludes halogenated alkanes) is 1. The van der Waals surface area contributed by atoms with E-state index in [4.69, 9.17) is 21.7 Å². The third-order valence-electron chi connectivity index (χ3n) is 5.79. The number of halogens is 2. The molecule has 32 heavy (non-hydrogen) atoms. The summed E-state index contributed by atoms with van der Waals surface area (Å²) in [5.41, 5.74) is 0.950. The topological polar surface area (TPSA) is 37.0 Å². The zero-order chi connectivity index (χ0) is 22.9. The van der Waals surface area contributed by atoms with Crippen LogP contribution in [0, 0.1) is 11.6 Å². The number of ether oxygens (including phenoxy) is 2. The Morgan fingerprint density at radius 1 is 1.06 bits per heavy atom. The summed E-state index contributed by atoms with van der Waals surface area (Å²) < 4.78 is 36.8. The molecule has 0 aromatic heterocycles. The van der Waals surface area contributed by atoms with Gasteiger partial charge in [-0.3, -0.25) is 0 Å². The molecular formula is C24H31F2N3O2S. The Labute approximate surface area is 194 Å². The van der Waals surface area contributed by atoms with Crippen molar-refractivity contribution in [2.75, 3.05) is 45.7 Å². The Kier molecular flexibility index (Phi) is 9.05. The number of thiocarbonyl (C=S) groups is 1. The number of benzene rings is 2. The summed E-state index contributed by atoms with van der Waals surface area (Å²) in [6.45, 7) is 3.57. The van der Waals surface area contributed by atoms with Crippen molar-refractivity contribution in [3.05, 3.63) is 54.1 Å². The van der Waals surface area contributed by atoms with Gasteiger partial charge in [-0.1, -0.05) is 0 Å². The quantitative estimate of drug-likeness (QED) is 0.420. The van der Waals surface area contributed by atoms with Gasteiger partial charge < -0.3 is 24.6 Å². The maximum Gasteiger partial charge on any atom is 0.173 e. The summed E-state index contributed by atoms with van der Waals surface area (Å²) in [5, 5.41) is 4.02. The van der Waals surface area contributed by atoms with Crippen LogP contribution in [0.1, 0.15) is 25.7 Å². The molecule has 1 aliphatic rings. The summed E-state index contributed by atoms with van der Waals surface area (Å²) in [4.78, 5) is 4.62. The van der Waals surface area contributed by atoms with E-state index < -0.39 is 11.6 Å². The lowest BCUT2D eigenvalue weighted by Crippen LogP contribution is -2.47. The summed E-state index contributed by atoms with van der Waals surface area (Å²) >= 11 is 5.60. The molecule has 1 N–H and O–H groups in total. The van der Waals surface area contributed by atoms with E-state index in [1.807, 2.05) is 24.3 Å².